The number of aryl methyl sites for hydroxylation is 1. The van der Waals surface area contributed by atoms with Crippen molar-refractivity contribution in [1.82, 2.24) is 14.9 Å². The van der Waals surface area contributed by atoms with Gasteiger partial charge in [-0.15, -0.1) is 0 Å². The number of amides is 1. The fourth-order valence-corrected chi connectivity index (χ4v) is 2.47. The third kappa shape index (κ3) is 5.45. The van der Waals surface area contributed by atoms with Crippen LogP contribution in [0.2, 0.25) is 0 Å². The largest absolute Gasteiger partial charge is 0.501 e. The van der Waals surface area contributed by atoms with Crippen LogP contribution in [0.15, 0.2) is 29.4 Å². The Morgan fingerprint density at radius 2 is 2.08 bits per heavy atom. The molecule has 1 heterocycles. The van der Waals surface area contributed by atoms with E-state index >= 15 is 0 Å². The molecule has 132 valence electrons. The minimum Gasteiger partial charge on any atom is -0.501 e. The van der Waals surface area contributed by atoms with Gasteiger partial charge in [-0.1, -0.05) is 13.3 Å². The molecule has 1 aromatic heterocycles. The highest BCUT2D eigenvalue weighted by Crippen LogP contribution is 2.22. The molecule has 0 spiro atoms. The SMILES string of the molecule is CCCc1cnc(S(C)(=O)=O)nc1C(/C=C(\C)OC)=C/N(C)C=O. The van der Waals surface area contributed by atoms with E-state index in [2.05, 4.69) is 9.97 Å². The number of ether oxygens (including phenoxy) is 1. The van der Waals surface area contributed by atoms with Crippen LogP contribution in [0.3, 0.4) is 0 Å². The van der Waals surface area contributed by atoms with Gasteiger partial charge in [-0.2, -0.15) is 0 Å². The van der Waals surface area contributed by atoms with E-state index in [1.54, 1.807) is 26.2 Å². The maximum absolute atomic E-state index is 11.8. The number of carbonyl (C=O) groups excluding carboxylic acids is 1. The van der Waals surface area contributed by atoms with Crippen molar-refractivity contribution in [3.63, 3.8) is 0 Å². The Kier molecular flexibility index (Phi) is 7.09. The summed E-state index contributed by atoms with van der Waals surface area (Å²) in [5, 5.41) is -0.250. The summed E-state index contributed by atoms with van der Waals surface area (Å²) >= 11 is 0. The van der Waals surface area contributed by atoms with Crippen molar-refractivity contribution in [2.24, 2.45) is 0 Å². The van der Waals surface area contributed by atoms with Crippen molar-refractivity contribution in [3.8, 4) is 0 Å². The first-order valence-corrected chi connectivity index (χ1v) is 9.29. The van der Waals surface area contributed by atoms with Crippen LogP contribution in [0.4, 0.5) is 0 Å². The second-order valence-corrected chi connectivity index (χ2v) is 7.27. The lowest BCUT2D eigenvalue weighted by Crippen LogP contribution is -2.11. The van der Waals surface area contributed by atoms with Crippen LogP contribution in [0.5, 0.6) is 0 Å². The summed E-state index contributed by atoms with van der Waals surface area (Å²) < 4.78 is 28.7. The molecule has 0 saturated carbocycles. The Bertz CT molecular complexity index is 755. The van der Waals surface area contributed by atoms with Gasteiger partial charge in [0.2, 0.25) is 21.4 Å². The number of carbonyl (C=O) groups is 1. The summed E-state index contributed by atoms with van der Waals surface area (Å²) in [5.74, 6) is 0.600. The molecule has 0 bridgehead atoms. The van der Waals surface area contributed by atoms with Gasteiger partial charge in [0.25, 0.3) is 0 Å². The summed E-state index contributed by atoms with van der Waals surface area (Å²) in [6.45, 7) is 3.76. The number of hydrogen-bond donors (Lipinski definition) is 0. The van der Waals surface area contributed by atoms with Crippen LogP contribution in [-0.2, 0) is 25.8 Å². The molecule has 1 rings (SSSR count). The van der Waals surface area contributed by atoms with E-state index in [9.17, 15) is 13.2 Å². The maximum atomic E-state index is 11.8. The van der Waals surface area contributed by atoms with E-state index in [1.165, 1.54) is 18.2 Å². The quantitative estimate of drug-likeness (QED) is 0.306. The third-order valence-corrected chi connectivity index (χ3v) is 4.02. The van der Waals surface area contributed by atoms with Crippen LogP contribution in [0.1, 0.15) is 31.5 Å². The van der Waals surface area contributed by atoms with Crippen molar-refractivity contribution >= 4 is 21.8 Å². The summed E-state index contributed by atoms with van der Waals surface area (Å²) in [6.07, 6.45) is 8.03. The normalized spacial score (nSPS) is 12.9. The second-order valence-electron chi connectivity index (χ2n) is 5.36. The van der Waals surface area contributed by atoms with Gasteiger partial charge < -0.3 is 9.64 Å². The fraction of sp³-hybridized carbons (Fsp3) is 0.438. The molecule has 0 aromatic carbocycles. The highest BCUT2D eigenvalue weighted by Gasteiger charge is 2.17. The second kappa shape index (κ2) is 8.58. The van der Waals surface area contributed by atoms with Gasteiger partial charge in [0.1, 0.15) is 0 Å². The zero-order chi connectivity index (χ0) is 18.3. The topological polar surface area (TPSA) is 89.5 Å². The van der Waals surface area contributed by atoms with E-state index in [0.29, 0.717) is 29.9 Å². The number of methoxy groups -OCH3 is 1. The molecule has 0 radical (unpaired) electrons. The molecule has 0 atom stereocenters. The predicted octanol–water partition coefficient (Wildman–Crippen LogP) is 1.81. The highest BCUT2D eigenvalue weighted by atomic mass is 32.2. The van der Waals surface area contributed by atoms with Crippen LogP contribution < -0.4 is 0 Å². The molecule has 0 aliphatic carbocycles. The third-order valence-electron chi connectivity index (χ3n) is 3.16. The molecule has 1 amide bonds. The Morgan fingerprint density at radius 1 is 1.42 bits per heavy atom. The first-order valence-electron chi connectivity index (χ1n) is 7.40. The molecule has 24 heavy (non-hydrogen) atoms. The van der Waals surface area contributed by atoms with Gasteiger partial charge in [-0.05, 0) is 25.0 Å². The predicted molar refractivity (Wildman–Crippen MR) is 91.7 cm³/mol. The summed E-state index contributed by atoms with van der Waals surface area (Å²) in [4.78, 5) is 20.5. The average molecular weight is 353 g/mol. The standard InChI is InChI=1S/C16H23N3O4S/c1-6-7-13-9-17-16(24(5,21)22)18-15(13)14(8-12(2)23-4)10-19(3)11-20/h8-11H,6-7H2,1-5H3/b12-8+,14-10+. The maximum Gasteiger partial charge on any atom is 0.247 e. The minimum atomic E-state index is -3.54. The molecule has 1 aromatic rings. The van der Waals surface area contributed by atoms with E-state index in [1.807, 2.05) is 6.92 Å². The van der Waals surface area contributed by atoms with Crippen LogP contribution in [-0.4, -0.2) is 50.1 Å². The Labute approximate surface area is 143 Å². The first-order chi connectivity index (χ1) is 11.2. The lowest BCUT2D eigenvalue weighted by atomic mass is 10.0. The number of allylic oxidation sites excluding steroid dienone is 3. The van der Waals surface area contributed by atoms with Crippen molar-refractivity contribution < 1.29 is 17.9 Å². The Balaban J connectivity index is 3.64. The molecular formula is C16H23N3O4S. The zero-order valence-electron chi connectivity index (χ0n) is 14.6. The van der Waals surface area contributed by atoms with E-state index in [0.717, 1.165) is 18.2 Å². The van der Waals surface area contributed by atoms with Crippen LogP contribution in [0, 0.1) is 0 Å². The van der Waals surface area contributed by atoms with Crippen molar-refractivity contribution in [1.29, 1.82) is 0 Å². The molecule has 0 saturated heterocycles. The van der Waals surface area contributed by atoms with Crippen LogP contribution in [0.25, 0.3) is 5.57 Å². The molecule has 0 N–H and O–H groups in total. The van der Waals surface area contributed by atoms with Gasteiger partial charge in [0.05, 0.1) is 18.6 Å². The van der Waals surface area contributed by atoms with E-state index in [4.69, 9.17) is 4.74 Å². The molecule has 7 nitrogen and oxygen atoms in total. The Hall–Kier alpha value is -2.22. The fourth-order valence-electron chi connectivity index (χ4n) is 1.97. The number of hydrogen-bond acceptors (Lipinski definition) is 6. The molecule has 0 fully saturated rings. The summed E-state index contributed by atoms with van der Waals surface area (Å²) in [6, 6.07) is 0. The van der Waals surface area contributed by atoms with Crippen molar-refractivity contribution in [2.45, 2.75) is 31.8 Å². The summed E-state index contributed by atoms with van der Waals surface area (Å²) in [7, 11) is -0.429. The van der Waals surface area contributed by atoms with Gasteiger partial charge in [-0.3, -0.25) is 4.79 Å². The van der Waals surface area contributed by atoms with Crippen molar-refractivity contribution in [3.05, 3.63) is 35.5 Å². The lowest BCUT2D eigenvalue weighted by Gasteiger charge is -2.13. The van der Waals surface area contributed by atoms with Crippen LogP contribution >= 0.6 is 0 Å². The van der Waals surface area contributed by atoms with Gasteiger partial charge in [-0.25, -0.2) is 18.4 Å². The minimum absolute atomic E-state index is 0.250. The molecule has 8 heteroatoms. The number of nitrogens with zero attached hydrogens (tertiary/aromatic N) is 3. The lowest BCUT2D eigenvalue weighted by molar-refractivity contribution is -0.114. The van der Waals surface area contributed by atoms with Crippen molar-refractivity contribution in [2.75, 3.05) is 20.4 Å². The van der Waals surface area contributed by atoms with Gasteiger partial charge in [0.15, 0.2) is 0 Å². The number of rotatable bonds is 8. The smallest absolute Gasteiger partial charge is 0.247 e. The molecule has 0 unspecified atom stereocenters. The van der Waals surface area contributed by atoms with Gasteiger partial charge in [0, 0.05) is 31.3 Å². The van der Waals surface area contributed by atoms with E-state index in [-0.39, 0.29) is 5.16 Å². The molecular weight excluding hydrogens is 330 g/mol. The van der Waals surface area contributed by atoms with E-state index < -0.39 is 9.84 Å². The van der Waals surface area contributed by atoms with Gasteiger partial charge >= 0.3 is 0 Å². The molecule has 0 aliphatic rings. The number of aromatic nitrogens is 2. The highest BCUT2D eigenvalue weighted by molar-refractivity contribution is 7.90. The zero-order valence-corrected chi connectivity index (χ0v) is 15.4. The summed E-state index contributed by atoms with van der Waals surface area (Å²) in [5.41, 5.74) is 1.84. The first kappa shape index (κ1) is 19.8. The number of sulfone groups is 1. The molecule has 0 aliphatic heterocycles. The average Bonchev–Trinajstić information content (AvgIpc) is 2.53. The monoisotopic (exact) mass is 353 g/mol. The Morgan fingerprint density at radius 3 is 2.58 bits per heavy atom.